The van der Waals surface area contributed by atoms with E-state index >= 15 is 0 Å². The number of halogens is 2. The molecule has 0 saturated heterocycles. The first-order chi connectivity index (χ1) is 16.6. The Kier molecular flexibility index (Phi) is 9.10. The van der Waals surface area contributed by atoms with Gasteiger partial charge in [0.15, 0.2) is 0 Å². The number of carbonyl (C=O) groups excluding carboxylic acids is 2. The van der Waals surface area contributed by atoms with Gasteiger partial charge < -0.3 is 15.7 Å². The van der Waals surface area contributed by atoms with Gasteiger partial charge in [-0.1, -0.05) is 26.0 Å². The Hall–Kier alpha value is -2.68. The number of hydrogen-bond acceptors (Lipinski definition) is 5. The van der Waals surface area contributed by atoms with E-state index in [1.165, 1.54) is 6.20 Å². The number of alkyl halides is 2. The highest BCUT2D eigenvalue weighted by Gasteiger charge is 2.37. The zero-order valence-corrected chi connectivity index (χ0v) is 20.6. The van der Waals surface area contributed by atoms with Crippen LogP contribution in [0.15, 0.2) is 30.5 Å². The Morgan fingerprint density at radius 2 is 1.80 bits per heavy atom. The van der Waals surface area contributed by atoms with Crippen molar-refractivity contribution in [3.63, 3.8) is 0 Å². The van der Waals surface area contributed by atoms with E-state index in [1.54, 1.807) is 25.2 Å². The molecule has 3 atom stereocenters. The van der Waals surface area contributed by atoms with E-state index in [0.29, 0.717) is 36.7 Å². The van der Waals surface area contributed by atoms with Crippen molar-refractivity contribution in [3.8, 4) is 0 Å². The maximum Gasteiger partial charge on any atom is 0.271 e. The largest absolute Gasteiger partial charge is 0.391 e. The molecule has 1 aromatic heterocycles. The Morgan fingerprint density at radius 3 is 2.43 bits per heavy atom. The van der Waals surface area contributed by atoms with Crippen molar-refractivity contribution < 1.29 is 23.5 Å². The average molecular weight is 491 g/mol. The van der Waals surface area contributed by atoms with E-state index < -0.39 is 29.9 Å². The van der Waals surface area contributed by atoms with Crippen LogP contribution in [0.1, 0.15) is 69.3 Å². The van der Waals surface area contributed by atoms with Crippen LogP contribution in [-0.2, 0) is 4.79 Å². The lowest BCUT2D eigenvalue weighted by atomic mass is 9.80. The van der Waals surface area contributed by atoms with Gasteiger partial charge >= 0.3 is 0 Å². The van der Waals surface area contributed by atoms with E-state index in [9.17, 15) is 23.5 Å². The zero-order valence-electron chi connectivity index (χ0n) is 20.6. The minimum Gasteiger partial charge on any atom is -0.391 e. The fourth-order valence-electron chi connectivity index (χ4n) is 4.86. The normalized spacial score (nSPS) is 18.7. The molecule has 1 aliphatic rings. The molecule has 35 heavy (non-hydrogen) atoms. The van der Waals surface area contributed by atoms with Crippen LogP contribution in [-0.4, -0.2) is 52.0 Å². The summed E-state index contributed by atoms with van der Waals surface area (Å²) in [6.45, 7) is 4.00. The molecular formula is C26H36F2N4O3. The Morgan fingerprint density at radius 1 is 1.14 bits per heavy atom. The van der Waals surface area contributed by atoms with E-state index in [2.05, 4.69) is 20.6 Å². The van der Waals surface area contributed by atoms with Gasteiger partial charge in [0, 0.05) is 25.8 Å². The number of rotatable bonds is 10. The molecular weight excluding hydrogens is 454 g/mol. The number of aromatic nitrogens is 2. The third-order valence-corrected chi connectivity index (χ3v) is 6.79. The van der Waals surface area contributed by atoms with Crippen LogP contribution >= 0.6 is 0 Å². The topological polar surface area (TPSA) is 104 Å². The fourth-order valence-corrected chi connectivity index (χ4v) is 4.86. The highest BCUT2D eigenvalue weighted by atomic mass is 19.3. The second-order valence-electron chi connectivity index (χ2n) is 10.1. The number of fused-ring (bicyclic) bond motifs is 1. The van der Waals surface area contributed by atoms with Crippen LogP contribution in [0.25, 0.3) is 11.0 Å². The molecule has 2 amide bonds. The second-order valence-corrected chi connectivity index (χ2v) is 10.1. The van der Waals surface area contributed by atoms with Crippen LogP contribution in [0.5, 0.6) is 0 Å². The molecule has 3 N–H and O–H groups in total. The van der Waals surface area contributed by atoms with Gasteiger partial charge in [-0.25, -0.2) is 13.8 Å². The number of nitrogens with zero attached hydrogens (tertiary/aromatic N) is 2. The van der Waals surface area contributed by atoms with Gasteiger partial charge in [0.25, 0.3) is 5.91 Å². The molecule has 0 radical (unpaired) electrons. The summed E-state index contributed by atoms with van der Waals surface area (Å²) >= 11 is 0. The van der Waals surface area contributed by atoms with Gasteiger partial charge in [0.1, 0.15) is 5.69 Å². The van der Waals surface area contributed by atoms with Crippen LogP contribution in [0.3, 0.4) is 0 Å². The van der Waals surface area contributed by atoms with Gasteiger partial charge in [-0.15, -0.1) is 0 Å². The van der Waals surface area contributed by atoms with Crippen molar-refractivity contribution in [2.45, 2.75) is 76.9 Å². The summed E-state index contributed by atoms with van der Waals surface area (Å²) in [5.74, 6) is -3.55. The molecule has 2 aromatic rings. The predicted molar refractivity (Wildman–Crippen MR) is 130 cm³/mol. The molecule has 1 saturated carbocycles. The fraction of sp³-hybridized carbons (Fsp3) is 0.615. The van der Waals surface area contributed by atoms with Crippen LogP contribution in [0.4, 0.5) is 8.78 Å². The SMILES string of the molecule is CNC(=O)[C@H](CC(C)C)C[C@H](O)[C@H](CC1CCC(F)(F)CC1)NC(=O)c1cnc2ccccc2n1. The molecule has 3 rings (SSSR count). The van der Waals surface area contributed by atoms with E-state index in [1.807, 2.05) is 19.9 Å². The van der Waals surface area contributed by atoms with Crippen molar-refractivity contribution in [1.82, 2.24) is 20.6 Å². The van der Waals surface area contributed by atoms with Gasteiger partial charge in [-0.2, -0.15) is 0 Å². The van der Waals surface area contributed by atoms with Gasteiger partial charge in [0.05, 0.1) is 29.4 Å². The number of aliphatic hydroxyl groups is 1. The van der Waals surface area contributed by atoms with Crippen molar-refractivity contribution in [1.29, 1.82) is 0 Å². The minimum atomic E-state index is -2.66. The van der Waals surface area contributed by atoms with Crippen molar-refractivity contribution in [2.75, 3.05) is 7.05 Å². The number of aliphatic hydroxyl groups excluding tert-OH is 1. The monoisotopic (exact) mass is 490 g/mol. The maximum atomic E-state index is 13.7. The van der Waals surface area contributed by atoms with Gasteiger partial charge in [-0.3, -0.25) is 14.6 Å². The van der Waals surface area contributed by atoms with Crippen molar-refractivity contribution in [3.05, 3.63) is 36.2 Å². The zero-order chi connectivity index (χ0) is 25.6. The highest BCUT2D eigenvalue weighted by Crippen LogP contribution is 2.38. The number of hydrogen-bond donors (Lipinski definition) is 3. The highest BCUT2D eigenvalue weighted by molar-refractivity contribution is 5.94. The first kappa shape index (κ1) is 26.9. The number of para-hydroxylation sites is 2. The summed E-state index contributed by atoms with van der Waals surface area (Å²) in [4.78, 5) is 34.2. The second kappa shape index (κ2) is 11.8. The summed E-state index contributed by atoms with van der Waals surface area (Å²) in [5.41, 5.74) is 1.34. The first-order valence-electron chi connectivity index (χ1n) is 12.4. The lowest BCUT2D eigenvalue weighted by molar-refractivity contribution is -0.126. The Balaban J connectivity index is 1.77. The average Bonchev–Trinajstić information content (AvgIpc) is 2.83. The molecule has 0 unspecified atom stereocenters. The van der Waals surface area contributed by atoms with E-state index in [4.69, 9.17) is 0 Å². The summed E-state index contributed by atoms with van der Waals surface area (Å²) in [6, 6.07) is 6.48. The third kappa shape index (κ3) is 7.65. The number of amides is 2. The molecule has 7 nitrogen and oxygen atoms in total. The number of nitrogens with one attached hydrogen (secondary N) is 2. The van der Waals surface area contributed by atoms with Crippen molar-refractivity contribution >= 4 is 22.8 Å². The first-order valence-corrected chi connectivity index (χ1v) is 12.4. The van der Waals surface area contributed by atoms with E-state index in [-0.39, 0.29) is 42.7 Å². The lowest BCUT2D eigenvalue weighted by Crippen LogP contribution is -2.47. The molecule has 1 aromatic carbocycles. The predicted octanol–water partition coefficient (Wildman–Crippen LogP) is 4.10. The maximum absolute atomic E-state index is 13.7. The molecule has 192 valence electrons. The van der Waals surface area contributed by atoms with Crippen LogP contribution in [0.2, 0.25) is 0 Å². The van der Waals surface area contributed by atoms with Crippen LogP contribution < -0.4 is 10.6 Å². The quantitative estimate of drug-likeness (QED) is 0.465. The smallest absolute Gasteiger partial charge is 0.271 e. The number of benzene rings is 1. The summed E-state index contributed by atoms with van der Waals surface area (Å²) in [5, 5.41) is 16.7. The molecule has 1 aliphatic carbocycles. The standard InChI is InChI=1S/C26H36F2N4O3/c1-16(2)12-18(24(34)29-3)14-23(33)21(13-17-8-10-26(27,28)11-9-17)32-25(35)22-15-30-19-6-4-5-7-20(19)31-22/h4-7,15-18,21,23,33H,8-14H2,1-3H3,(H,29,34)(H,32,35)/t18-,21+,23+/m1/s1. The summed E-state index contributed by atoms with van der Waals surface area (Å²) in [7, 11) is 1.56. The molecule has 1 heterocycles. The molecule has 0 aliphatic heterocycles. The number of carbonyl (C=O) groups is 2. The Bertz CT molecular complexity index is 1010. The molecule has 1 fully saturated rings. The Labute approximate surface area is 205 Å². The van der Waals surface area contributed by atoms with E-state index in [0.717, 1.165) is 0 Å². The lowest BCUT2D eigenvalue weighted by Gasteiger charge is -2.33. The molecule has 0 bridgehead atoms. The molecule has 0 spiro atoms. The minimum absolute atomic E-state index is 0.0548. The van der Waals surface area contributed by atoms with Crippen LogP contribution in [0, 0.1) is 17.8 Å². The third-order valence-electron chi connectivity index (χ3n) is 6.79. The van der Waals surface area contributed by atoms with Crippen molar-refractivity contribution in [2.24, 2.45) is 17.8 Å². The molecule has 9 heteroatoms. The summed E-state index contributed by atoms with van der Waals surface area (Å²) < 4.78 is 27.4. The van der Waals surface area contributed by atoms with Gasteiger partial charge in [0.2, 0.25) is 11.8 Å². The van der Waals surface area contributed by atoms with Gasteiger partial charge in [-0.05, 0) is 56.1 Å². The summed E-state index contributed by atoms with van der Waals surface area (Å²) in [6.07, 6.45) is 1.73.